The van der Waals surface area contributed by atoms with E-state index in [4.69, 9.17) is 10.2 Å². The summed E-state index contributed by atoms with van der Waals surface area (Å²) >= 11 is 2.18. The fourth-order valence-electron chi connectivity index (χ4n) is 3.84. The third kappa shape index (κ3) is 5.08. The van der Waals surface area contributed by atoms with Gasteiger partial charge in [-0.05, 0) is 49.5 Å². The number of thioether (sulfide) groups is 1. The molecule has 0 aromatic heterocycles. The van der Waals surface area contributed by atoms with Crippen molar-refractivity contribution in [1.82, 2.24) is 5.32 Å². The van der Waals surface area contributed by atoms with E-state index in [0.717, 1.165) is 13.1 Å². The lowest BCUT2D eigenvalue weighted by molar-refractivity contribution is -0.134. The number of benzene rings is 2. The molecule has 0 radical (unpaired) electrons. The Morgan fingerprint density at radius 2 is 1.59 bits per heavy atom. The summed E-state index contributed by atoms with van der Waals surface area (Å²) in [5.41, 5.74) is 5.91. The second kappa shape index (κ2) is 9.29. The minimum Gasteiger partial charge on any atom is -0.478 e. The monoisotopic (exact) mass is 411 g/mol. The number of aliphatic carboxylic acids is 2. The van der Waals surface area contributed by atoms with Gasteiger partial charge >= 0.3 is 11.9 Å². The molecule has 2 aromatic carbocycles. The number of carboxylic acid groups (broad SMARTS) is 2. The van der Waals surface area contributed by atoms with Gasteiger partial charge in [0.25, 0.3) is 0 Å². The molecule has 2 aliphatic heterocycles. The van der Waals surface area contributed by atoms with Crippen LogP contribution in [0.15, 0.2) is 60.7 Å². The zero-order valence-corrected chi connectivity index (χ0v) is 17.1. The predicted octanol–water partition coefficient (Wildman–Crippen LogP) is 4.12. The van der Waals surface area contributed by atoms with E-state index in [2.05, 4.69) is 72.5 Å². The van der Waals surface area contributed by atoms with Crippen LogP contribution in [-0.4, -0.2) is 35.2 Å². The molecular formula is C23H25NO4S. The van der Waals surface area contributed by atoms with Crippen molar-refractivity contribution in [3.8, 4) is 0 Å². The summed E-state index contributed by atoms with van der Waals surface area (Å²) in [5.74, 6) is -2.51. The summed E-state index contributed by atoms with van der Waals surface area (Å²) in [5, 5.41) is 19.6. The van der Waals surface area contributed by atoms with Crippen molar-refractivity contribution in [2.75, 3.05) is 13.1 Å². The Balaban J connectivity index is 0.000000258. The van der Waals surface area contributed by atoms with E-state index in [0.29, 0.717) is 22.1 Å². The molecule has 1 saturated heterocycles. The number of hydrogen-bond acceptors (Lipinski definition) is 4. The van der Waals surface area contributed by atoms with Crippen molar-refractivity contribution in [1.29, 1.82) is 0 Å². The van der Waals surface area contributed by atoms with E-state index in [-0.39, 0.29) is 0 Å². The highest BCUT2D eigenvalue weighted by Crippen LogP contribution is 2.60. The van der Waals surface area contributed by atoms with E-state index in [1.165, 1.54) is 29.5 Å². The van der Waals surface area contributed by atoms with Crippen molar-refractivity contribution in [2.45, 2.75) is 29.8 Å². The Labute approximate surface area is 174 Å². The van der Waals surface area contributed by atoms with Gasteiger partial charge in [-0.2, -0.15) is 0 Å². The number of aryl methyl sites for hydroxylation is 1. The number of nitrogens with one attached hydrogen (secondary N) is 1. The number of hydrogen-bond donors (Lipinski definition) is 3. The van der Waals surface area contributed by atoms with Gasteiger partial charge in [0.1, 0.15) is 0 Å². The molecular weight excluding hydrogens is 386 g/mol. The molecule has 2 heterocycles. The third-order valence-electron chi connectivity index (χ3n) is 5.24. The van der Waals surface area contributed by atoms with Crippen LogP contribution in [0.4, 0.5) is 0 Å². The first-order chi connectivity index (χ1) is 13.9. The molecule has 0 aliphatic carbocycles. The van der Waals surface area contributed by atoms with Gasteiger partial charge < -0.3 is 15.5 Å². The summed E-state index contributed by atoms with van der Waals surface area (Å²) in [6.07, 6.45) is 3.61. The Bertz CT molecular complexity index is 885. The Morgan fingerprint density at radius 3 is 2.17 bits per heavy atom. The van der Waals surface area contributed by atoms with E-state index in [1.807, 2.05) is 0 Å². The summed E-state index contributed by atoms with van der Waals surface area (Å²) in [6.45, 7) is 4.44. The number of carbonyl (C=O) groups is 2. The third-order valence-corrected chi connectivity index (χ3v) is 7.08. The van der Waals surface area contributed by atoms with Crippen LogP contribution >= 0.6 is 11.8 Å². The molecule has 1 fully saturated rings. The van der Waals surface area contributed by atoms with Crippen LogP contribution in [0.25, 0.3) is 0 Å². The van der Waals surface area contributed by atoms with Crippen LogP contribution in [0.5, 0.6) is 0 Å². The van der Waals surface area contributed by atoms with Gasteiger partial charge in [-0.25, -0.2) is 9.59 Å². The SMILES string of the molecule is Cc1ccc(C2SC3(CCNCC3)c3ccccc32)cc1.O=C(O)C=CC(=O)O. The number of fused-ring (bicyclic) bond motifs is 2. The molecule has 1 spiro atoms. The van der Waals surface area contributed by atoms with Crippen molar-refractivity contribution in [3.05, 3.63) is 82.9 Å². The van der Waals surface area contributed by atoms with Crippen LogP contribution in [0.1, 0.15) is 40.3 Å². The standard InChI is InChI=1S/C19H21NS.C4H4O4/c1-14-6-8-15(9-7-14)18-16-4-2-3-5-17(16)19(21-18)10-12-20-13-11-19;5-3(6)1-2-4(7)8/h2-9,18,20H,10-13H2,1H3;1-2H,(H,5,6)(H,7,8). The summed E-state index contributed by atoms with van der Waals surface area (Å²) in [6, 6.07) is 18.2. The maximum atomic E-state index is 9.55. The van der Waals surface area contributed by atoms with Crippen molar-refractivity contribution in [3.63, 3.8) is 0 Å². The zero-order valence-electron chi connectivity index (χ0n) is 16.3. The van der Waals surface area contributed by atoms with E-state index >= 15 is 0 Å². The van der Waals surface area contributed by atoms with Crippen LogP contribution in [0.3, 0.4) is 0 Å². The Hall–Kier alpha value is -2.57. The molecule has 152 valence electrons. The van der Waals surface area contributed by atoms with Gasteiger partial charge in [0.2, 0.25) is 0 Å². The molecule has 5 nitrogen and oxygen atoms in total. The molecule has 3 N–H and O–H groups in total. The highest BCUT2D eigenvalue weighted by Gasteiger charge is 2.45. The second-order valence-corrected chi connectivity index (χ2v) is 8.74. The zero-order chi connectivity index (χ0) is 20.9. The predicted molar refractivity (Wildman–Crippen MR) is 115 cm³/mol. The lowest BCUT2D eigenvalue weighted by Gasteiger charge is -2.34. The molecule has 2 aromatic rings. The van der Waals surface area contributed by atoms with Crippen LogP contribution in [0, 0.1) is 6.92 Å². The van der Waals surface area contributed by atoms with Crippen LogP contribution in [0.2, 0.25) is 0 Å². The van der Waals surface area contributed by atoms with Gasteiger partial charge in [0.05, 0.1) is 5.25 Å². The van der Waals surface area contributed by atoms with Gasteiger partial charge in [-0.3, -0.25) is 0 Å². The topological polar surface area (TPSA) is 86.6 Å². The Kier molecular flexibility index (Phi) is 6.77. The smallest absolute Gasteiger partial charge is 0.328 e. The molecule has 1 unspecified atom stereocenters. The first-order valence-corrected chi connectivity index (χ1v) is 10.5. The van der Waals surface area contributed by atoms with Gasteiger partial charge in [-0.15, -0.1) is 11.8 Å². The van der Waals surface area contributed by atoms with E-state index < -0.39 is 11.9 Å². The number of piperidine rings is 1. The maximum Gasteiger partial charge on any atom is 0.328 e. The van der Waals surface area contributed by atoms with Gasteiger partial charge in [0, 0.05) is 16.9 Å². The fourth-order valence-corrected chi connectivity index (χ4v) is 5.67. The lowest BCUT2D eigenvalue weighted by Crippen LogP contribution is -2.36. The van der Waals surface area contributed by atoms with Crippen LogP contribution < -0.4 is 5.32 Å². The van der Waals surface area contributed by atoms with E-state index in [9.17, 15) is 9.59 Å². The lowest BCUT2D eigenvalue weighted by atomic mass is 9.85. The van der Waals surface area contributed by atoms with Crippen molar-refractivity contribution < 1.29 is 19.8 Å². The minimum absolute atomic E-state index is 0.331. The minimum atomic E-state index is -1.26. The summed E-state index contributed by atoms with van der Waals surface area (Å²) < 4.78 is 0.331. The molecule has 29 heavy (non-hydrogen) atoms. The summed E-state index contributed by atoms with van der Waals surface area (Å²) in [7, 11) is 0. The van der Waals surface area contributed by atoms with Crippen molar-refractivity contribution in [2.24, 2.45) is 0 Å². The molecule has 0 saturated carbocycles. The molecule has 2 aliphatic rings. The molecule has 0 bridgehead atoms. The van der Waals surface area contributed by atoms with Gasteiger partial charge in [0.15, 0.2) is 0 Å². The average molecular weight is 412 g/mol. The highest BCUT2D eigenvalue weighted by atomic mass is 32.2. The molecule has 4 rings (SSSR count). The largest absolute Gasteiger partial charge is 0.478 e. The molecule has 6 heteroatoms. The number of carboxylic acids is 2. The molecule has 0 amide bonds. The average Bonchev–Trinajstić information content (AvgIpc) is 3.02. The quantitative estimate of drug-likeness (QED) is 0.659. The van der Waals surface area contributed by atoms with Crippen molar-refractivity contribution >= 4 is 23.7 Å². The van der Waals surface area contributed by atoms with Crippen LogP contribution in [-0.2, 0) is 14.3 Å². The molecule has 1 atom stereocenters. The maximum absolute atomic E-state index is 9.55. The Morgan fingerprint density at radius 1 is 1.00 bits per heavy atom. The first-order valence-electron chi connectivity index (χ1n) is 9.60. The highest BCUT2D eigenvalue weighted by molar-refractivity contribution is 8.01. The fraction of sp³-hybridized carbons (Fsp3) is 0.304. The summed E-state index contributed by atoms with van der Waals surface area (Å²) in [4.78, 5) is 19.1. The van der Waals surface area contributed by atoms with Gasteiger partial charge in [-0.1, -0.05) is 54.1 Å². The number of rotatable bonds is 3. The second-order valence-electron chi connectivity index (χ2n) is 7.25. The normalized spacial score (nSPS) is 19.4. The first kappa shape index (κ1) is 21.1. The van der Waals surface area contributed by atoms with E-state index in [1.54, 1.807) is 5.56 Å².